The van der Waals surface area contributed by atoms with Crippen LogP contribution in [0.25, 0.3) is 0 Å². The number of nitrogens with one attached hydrogen (secondary N) is 2. The van der Waals surface area contributed by atoms with Crippen molar-refractivity contribution in [3.63, 3.8) is 0 Å². The van der Waals surface area contributed by atoms with Crippen molar-refractivity contribution in [2.24, 2.45) is 0 Å². The van der Waals surface area contributed by atoms with Crippen molar-refractivity contribution < 1.29 is 41.9 Å². The molecule has 0 aliphatic carbocycles. The number of carbonyl (C=O) groups excluding carboxylic acids is 5. The molecule has 20 heteroatoms. The Balaban J connectivity index is 0.682. The number of aromatic nitrogens is 2. The molecule has 0 radical (unpaired) electrons. The number of unbranched alkanes of at least 4 members (excludes halogenated alkanes) is 5. The van der Waals surface area contributed by atoms with Crippen molar-refractivity contribution in [1.82, 2.24) is 34.9 Å². The van der Waals surface area contributed by atoms with Gasteiger partial charge in [-0.15, -0.1) is 0 Å². The van der Waals surface area contributed by atoms with Crippen LogP contribution in [0.3, 0.4) is 0 Å². The number of amides is 5. The number of imide groups is 1. The van der Waals surface area contributed by atoms with Crippen LogP contribution in [0, 0.1) is 0 Å². The molecule has 6 heterocycles. The van der Waals surface area contributed by atoms with Gasteiger partial charge in [-0.05, 0) is 88.0 Å². The van der Waals surface area contributed by atoms with Crippen LogP contribution in [0.4, 0.5) is 28.8 Å². The van der Waals surface area contributed by atoms with E-state index in [1.54, 1.807) is 60.5 Å². The number of benzene rings is 3. The zero-order valence-corrected chi connectivity index (χ0v) is 42.1. The summed E-state index contributed by atoms with van der Waals surface area (Å²) in [5.41, 5.74) is 3.00. The third-order valence-corrected chi connectivity index (χ3v) is 15.4. The molecular formula is C52H64N10O9S. The molecule has 3 fully saturated rings. The lowest BCUT2D eigenvalue weighted by Crippen LogP contribution is -2.53. The fourth-order valence-electron chi connectivity index (χ4n) is 10.5. The van der Waals surface area contributed by atoms with Crippen molar-refractivity contribution in [3.8, 4) is 11.5 Å². The first-order chi connectivity index (χ1) is 34.8. The lowest BCUT2D eigenvalue weighted by Gasteiger charge is -2.42. The van der Waals surface area contributed by atoms with Gasteiger partial charge in [0.05, 0.1) is 49.1 Å². The number of hydrogen-bond acceptors (Lipinski definition) is 14. The van der Waals surface area contributed by atoms with Crippen molar-refractivity contribution in [2.75, 3.05) is 86.9 Å². The molecule has 4 aromatic rings. The van der Waals surface area contributed by atoms with Crippen LogP contribution in [0.2, 0.25) is 0 Å². The van der Waals surface area contributed by atoms with E-state index < -0.39 is 27.9 Å². The fourth-order valence-corrected chi connectivity index (χ4v) is 11.5. The van der Waals surface area contributed by atoms with E-state index in [9.17, 15) is 32.4 Å². The number of piperidine rings is 2. The van der Waals surface area contributed by atoms with Crippen molar-refractivity contribution in [1.29, 1.82) is 0 Å². The summed E-state index contributed by atoms with van der Waals surface area (Å²) in [6.07, 6.45) is 11.5. The monoisotopic (exact) mass is 1000 g/mol. The van der Waals surface area contributed by atoms with Gasteiger partial charge in [0.25, 0.3) is 17.7 Å². The maximum absolute atomic E-state index is 13.9. The van der Waals surface area contributed by atoms with Gasteiger partial charge >= 0.3 is 0 Å². The Bertz CT molecular complexity index is 2810. The molecule has 1 unspecified atom stereocenters. The molecule has 0 saturated carbocycles. The first kappa shape index (κ1) is 50.3. The lowest BCUT2D eigenvalue weighted by atomic mass is 10.0. The van der Waals surface area contributed by atoms with Crippen molar-refractivity contribution >= 4 is 68.4 Å². The van der Waals surface area contributed by atoms with Gasteiger partial charge in [-0.3, -0.25) is 34.2 Å². The molecule has 1 atom stereocenters. The SMILES string of the molecule is CCOc1cc(C(=O)N2CCC(N3CCN(CCCCCCCCOc4cccc5c4CN(C4CCC(=O)NC4=O)C5=O)CC3)CC2)ccc1Nc1ncc2c(n1)N(S(C)(=O)=O)c1ccccc1C(=O)N2C. The molecule has 1 aromatic heterocycles. The van der Waals surface area contributed by atoms with Crippen LogP contribution in [0.5, 0.6) is 11.5 Å². The Labute approximate surface area is 420 Å². The number of piperazine rings is 1. The second kappa shape index (κ2) is 22.0. The second-order valence-corrected chi connectivity index (χ2v) is 21.0. The van der Waals surface area contributed by atoms with Gasteiger partial charge in [0, 0.05) is 75.5 Å². The van der Waals surface area contributed by atoms with Gasteiger partial charge in [-0.25, -0.2) is 17.7 Å². The zero-order chi connectivity index (χ0) is 50.5. The Morgan fingerprint density at radius 1 is 0.806 bits per heavy atom. The number of hydrogen-bond donors (Lipinski definition) is 2. The molecule has 0 spiro atoms. The summed E-state index contributed by atoms with van der Waals surface area (Å²) >= 11 is 0. The molecule has 5 aliphatic heterocycles. The third-order valence-electron chi connectivity index (χ3n) is 14.4. The van der Waals surface area contributed by atoms with E-state index in [2.05, 4.69) is 30.4 Å². The molecule has 72 heavy (non-hydrogen) atoms. The highest BCUT2D eigenvalue weighted by molar-refractivity contribution is 7.92. The molecular weight excluding hydrogens is 941 g/mol. The van der Waals surface area contributed by atoms with Gasteiger partial charge in [0.1, 0.15) is 23.2 Å². The number of nitrogens with zero attached hydrogens (tertiary/aromatic N) is 8. The van der Waals surface area contributed by atoms with Gasteiger partial charge < -0.3 is 34.4 Å². The summed E-state index contributed by atoms with van der Waals surface area (Å²) in [4.78, 5) is 83.5. The molecule has 3 saturated heterocycles. The molecule has 9 rings (SSSR count). The summed E-state index contributed by atoms with van der Waals surface area (Å²) in [6.45, 7) is 9.66. The zero-order valence-electron chi connectivity index (χ0n) is 41.3. The minimum absolute atomic E-state index is 0.0179. The highest BCUT2D eigenvalue weighted by atomic mass is 32.2. The predicted octanol–water partition coefficient (Wildman–Crippen LogP) is 5.71. The molecule has 0 bridgehead atoms. The van der Waals surface area contributed by atoms with Crippen LogP contribution >= 0.6 is 0 Å². The summed E-state index contributed by atoms with van der Waals surface area (Å²) in [5, 5.41) is 5.51. The largest absolute Gasteiger partial charge is 0.493 e. The highest BCUT2D eigenvalue weighted by Crippen LogP contribution is 2.41. The topological polar surface area (TPSA) is 207 Å². The first-order valence-corrected chi connectivity index (χ1v) is 27.1. The predicted molar refractivity (Wildman–Crippen MR) is 272 cm³/mol. The minimum Gasteiger partial charge on any atom is -0.493 e. The quantitative estimate of drug-likeness (QED) is 0.0905. The van der Waals surface area contributed by atoms with E-state index in [4.69, 9.17) is 9.47 Å². The standard InChI is InChI=1S/C52H64N10O9S/c1-4-70-45-32-35(18-19-40(45)54-52-53-33-43-47(56-52)62(72(3,68)69)41-16-10-9-14-38(41)50(66)57(43)2)49(65)60-25-22-36(23-26-60)59-29-27-58(28-30-59)24-11-7-5-6-8-12-31-71-44-17-13-15-37-39(44)34-61(51(37)67)42-20-21-46(63)55-48(42)64/h9-10,13-19,32-33,36,42H,4-8,11-12,20-31,34H2,1-3H3,(H,53,54,56)(H,55,63,64). The number of anilines is 5. The summed E-state index contributed by atoms with van der Waals surface area (Å²) < 4.78 is 39.6. The van der Waals surface area contributed by atoms with Crippen LogP contribution in [-0.2, 0) is 26.2 Å². The average Bonchev–Trinajstić information content (AvgIpc) is 3.67. The van der Waals surface area contributed by atoms with E-state index in [-0.39, 0.29) is 52.8 Å². The van der Waals surface area contributed by atoms with Crippen LogP contribution < -0.4 is 29.3 Å². The van der Waals surface area contributed by atoms with Crippen LogP contribution in [0.1, 0.15) is 108 Å². The van der Waals surface area contributed by atoms with Gasteiger partial charge in [0.2, 0.25) is 27.8 Å². The normalized spacial score (nSPS) is 18.9. The molecule has 5 amide bonds. The van der Waals surface area contributed by atoms with E-state index in [1.807, 2.05) is 24.0 Å². The molecule has 3 aromatic carbocycles. The van der Waals surface area contributed by atoms with E-state index in [1.165, 1.54) is 30.4 Å². The number of ether oxygens (including phenoxy) is 2. The van der Waals surface area contributed by atoms with Crippen molar-refractivity contribution in [2.45, 2.75) is 89.8 Å². The minimum atomic E-state index is -3.94. The van der Waals surface area contributed by atoms with Crippen LogP contribution in [-0.4, -0.2) is 152 Å². The first-order valence-electron chi connectivity index (χ1n) is 25.2. The Hall–Kier alpha value is -6.64. The molecule has 19 nitrogen and oxygen atoms in total. The molecule has 5 aliphatic rings. The number of fused-ring (bicyclic) bond motifs is 3. The lowest BCUT2D eigenvalue weighted by molar-refractivity contribution is -0.136. The van der Waals surface area contributed by atoms with Gasteiger partial charge in [0.15, 0.2) is 5.82 Å². The number of rotatable bonds is 18. The van der Waals surface area contributed by atoms with E-state index in [0.29, 0.717) is 73.6 Å². The smallest absolute Gasteiger partial charge is 0.260 e. The number of sulfonamides is 1. The third kappa shape index (κ3) is 10.9. The fraction of sp³-hybridized carbons (Fsp3) is 0.481. The van der Waals surface area contributed by atoms with E-state index >= 15 is 0 Å². The Morgan fingerprint density at radius 2 is 1.54 bits per heavy atom. The second-order valence-electron chi connectivity index (χ2n) is 19.1. The highest BCUT2D eigenvalue weighted by Gasteiger charge is 2.41. The van der Waals surface area contributed by atoms with Crippen LogP contribution in [0.15, 0.2) is 66.9 Å². The molecule has 382 valence electrons. The summed E-state index contributed by atoms with van der Waals surface area (Å²) in [7, 11) is -2.39. The Morgan fingerprint density at radius 3 is 2.29 bits per heavy atom. The van der Waals surface area contributed by atoms with E-state index in [0.717, 1.165) is 81.0 Å². The maximum Gasteiger partial charge on any atom is 0.260 e. The van der Waals surface area contributed by atoms with Gasteiger partial charge in [-0.2, -0.15) is 4.98 Å². The molecule has 2 N–H and O–H groups in total. The Kier molecular flexibility index (Phi) is 15.4. The average molecular weight is 1010 g/mol. The van der Waals surface area contributed by atoms with Gasteiger partial charge in [-0.1, -0.05) is 43.9 Å². The maximum atomic E-state index is 13.9. The number of para-hydroxylation sites is 1. The number of likely N-dealkylation sites (tertiary alicyclic amines) is 1. The number of carbonyl (C=O) groups is 5. The summed E-state index contributed by atoms with van der Waals surface area (Å²) in [5.74, 6) is -0.154. The summed E-state index contributed by atoms with van der Waals surface area (Å²) in [6, 6.07) is 17.0. The van der Waals surface area contributed by atoms with Crippen molar-refractivity contribution in [3.05, 3.63) is 89.1 Å².